The molecule has 110 valence electrons. The average Bonchev–Trinajstić information content (AvgIpc) is 2.32. The van der Waals surface area contributed by atoms with Crippen molar-refractivity contribution >= 4 is 29.7 Å². The average molecular weight is 291 g/mol. The van der Waals surface area contributed by atoms with Gasteiger partial charge in [0, 0.05) is 20.0 Å². The lowest BCUT2D eigenvalue weighted by Crippen LogP contribution is -2.49. The number of carboxylic acid groups (broad SMARTS) is 1. The van der Waals surface area contributed by atoms with Gasteiger partial charge in [-0.2, -0.15) is 11.8 Å². The van der Waals surface area contributed by atoms with Crippen molar-refractivity contribution in [1.29, 1.82) is 0 Å². The van der Waals surface area contributed by atoms with E-state index in [1.807, 2.05) is 6.26 Å². The number of primary amides is 1. The smallest absolute Gasteiger partial charge is 0.312 e. The fourth-order valence-corrected chi connectivity index (χ4v) is 1.98. The standard InChI is InChI=1S/C11H21N3O4S/c1-14(6-3-4-9(15)16)10(17)8(5-7-19-2)13-11(12)18/h8H,3-7H2,1-2H3,(H,15,16)(H3,12,13,18). The van der Waals surface area contributed by atoms with E-state index in [0.29, 0.717) is 19.4 Å². The largest absolute Gasteiger partial charge is 0.481 e. The molecular formula is C11H21N3O4S. The number of amides is 3. The number of carbonyl (C=O) groups excluding carboxylic acids is 2. The molecule has 0 aliphatic heterocycles. The molecule has 0 aromatic carbocycles. The second kappa shape index (κ2) is 9.48. The summed E-state index contributed by atoms with van der Waals surface area (Å²) in [4.78, 5) is 34.7. The third-order valence-corrected chi connectivity index (χ3v) is 3.13. The Hall–Kier alpha value is -1.44. The number of hydrogen-bond donors (Lipinski definition) is 3. The van der Waals surface area contributed by atoms with Crippen LogP contribution in [-0.2, 0) is 9.59 Å². The quantitative estimate of drug-likeness (QED) is 0.557. The Morgan fingerprint density at radius 3 is 2.53 bits per heavy atom. The minimum atomic E-state index is -0.893. The number of nitrogens with two attached hydrogens (primary N) is 1. The first-order chi connectivity index (χ1) is 8.88. The number of hydrogen-bond acceptors (Lipinski definition) is 4. The molecule has 3 amide bonds. The molecule has 0 aliphatic rings. The first kappa shape index (κ1) is 17.6. The van der Waals surface area contributed by atoms with Gasteiger partial charge in [-0.3, -0.25) is 9.59 Å². The van der Waals surface area contributed by atoms with Crippen LogP contribution in [0.25, 0.3) is 0 Å². The Balaban J connectivity index is 4.33. The second-order valence-electron chi connectivity index (χ2n) is 4.10. The fourth-order valence-electron chi connectivity index (χ4n) is 1.51. The van der Waals surface area contributed by atoms with E-state index < -0.39 is 18.0 Å². The van der Waals surface area contributed by atoms with E-state index in [1.165, 1.54) is 4.90 Å². The van der Waals surface area contributed by atoms with Gasteiger partial charge in [0.1, 0.15) is 6.04 Å². The summed E-state index contributed by atoms with van der Waals surface area (Å²) >= 11 is 1.57. The summed E-state index contributed by atoms with van der Waals surface area (Å²) in [6.45, 7) is 0.335. The molecule has 1 unspecified atom stereocenters. The minimum Gasteiger partial charge on any atom is -0.481 e. The highest BCUT2D eigenvalue weighted by Gasteiger charge is 2.22. The van der Waals surface area contributed by atoms with Gasteiger partial charge < -0.3 is 21.1 Å². The van der Waals surface area contributed by atoms with Crippen molar-refractivity contribution in [1.82, 2.24) is 10.2 Å². The van der Waals surface area contributed by atoms with Crippen LogP contribution in [0, 0.1) is 0 Å². The van der Waals surface area contributed by atoms with Crippen LogP contribution >= 0.6 is 11.8 Å². The van der Waals surface area contributed by atoms with Crippen LogP contribution in [0.2, 0.25) is 0 Å². The van der Waals surface area contributed by atoms with Crippen LogP contribution in [0.3, 0.4) is 0 Å². The molecule has 0 saturated heterocycles. The Bertz CT molecular complexity index is 325. The fraction of sp³-hybridized carbons (Fsp3) is 0.727. The normalized spacial score (nSPS) is 11.7. The van der Waals surface area contributed by atoms with Gasteiger partial charge in [-0.1, -0.05) is 0 Å². The molecule has 0 fully saturated rings. The zero-order chi connectivity index (χ0) is 14.8. The van der Waals surface area contributed by atoms with Crippen LogP contribution < -0.4 is 11.1 Å². The molecule has 4 N–H and O–H groups in total. The summed E-state index contributed by atoms with van der Waals surface area (Å²) in [6, 6.07) is -1.39. The van der Waals surface area contributed by atoms with Crippen molar-refractivity contribution in [2.45, 2.75) is 25.3 Å². The lowest BCUT2D eigenvalue weighted by Gasteiger charge is -2.23. The number of likely N-dealkylation sites (N-methyl/N-ethyl adjacent to an activating group) is 1. The third-order valence-electron chi connectivity index (χ3n) is 2.49. The highest BCUT2D eigenvalue weighted by molar-refractivity contribution is 7.98. The van der Waals surface area contributed by atoms with E-state index in [-0.39, 0.29) is 12.3 Å². The number of carboxylic acids is 1. The van der Waals surface area contributed by atoms with E-state index in [1.54, 1.807) is 18.8 Å². The van der Waals surface area contributed by atoms with Gasteiger partial charge in [0.15, 0.2) is 0 Å². The van der Waals surface area contributed by atoms with Crippen molar-refractivity contribution in [3.63, 3.8) is 0 Å². The van der Waals surface area contributed by atoms with E-state index in [9.17, 15) is 14.4 Å². The van der Waals surface area contributed by atoms with Gasteiger partial charge in [-0.15, -0.1) is 0 Å². The van der Waals surface area contributed by atoms with Gasteiger partial charge in [0.05, 0.1) is 0 Å². The molecule has 0 heterocycles. The Morgan fingerprint density at radius 2 is 2.05 bits per heavy atom. The van der Waals surface area contributed by atoms with Gasteiger partial charge in [-0.05, 0) is 24.9 Å². The Morgan fingerprint density at radius 1 is 1.42 bits per heavy atom. The molecule has 0 radical (unpaired) electrons. The Labute approximate surface area is 116 Å². The summed E-state index contributed by atoms with van der Waals surface area (Å²) in [5, 5.41) is 10.9. The Kier molecular flexibility index (Phi) is 8.77. The lowest BCUT2D eigenvalue weighted by molar-refractivity contribution is -0.138. The third kappa shape index (κ3) is 8.30. The molecule has 0 aliphatic carbocycles. The van der Waals surface area contributed by atoms with E-state index in [4.69, 9.17) is 10.8 Å². The van der Waals surface area contributed by atoms with Gasteiger partial charge in [-0.25, -0.2) is 4.79 Å². The van der Waals surface area contributed by atoms with Gasteiger partial charge in [0.2, 0.25) is 5.91 Å². The summed E-state index contributed by atoms with van der Waals surface area (Å²) in [7, 11) is 1.58. The first-order valence-electron chi connectivity index (χ1n) is 5.90. The highest BCUT2D eigenvalue weighted by Crippen LogP contribution is 2.05. The summed E-state index contributed by atoms with van der Waals surface area (Å²) < 4.78 is 0. The second-order valence-corrected chi connectivity index (χ2v) is 5.09. The predicted octanol–water partition coefficient (Wildman–Crippen LogP) is 0.0996. The number of aliphatic carboxylic acids is 1. The number of thioether (sulfide) groups is 1. The van der Waals surface area contributed by atoms with E-state index in [2.05, 4.69) is 5.32 Å². The van der Waals surface area contributed by atoms with Crippen LogP contribution in [0.15, 0.2) is 0 Å². The van der Waals surface area contributed by atoms with E-state index >= 15 is 0 Å². The number of rotatable bonds is 9. The number of carbonyl (C=O) groups is 3. The molecule has 7 nitrogen and oxygen atoms in total. The van der Waals surface area contributed by atoms with Crippen molar-refractivity contribution in [2.24, 2.45) is 5.73 Å². The van der Waals surface area contributed by atoms with Gasteiger partial charge in [0.25, 0.3) is 0 Å². The lowest BCUT2D eigenvalue weighted by atomic mass is 10.2. The zero-order valence-electron chi connectivity index (χ0n) is 11.2. The van der Waals surface area contributed by atoms with Crippen molar-refractivity contribution in [3.05, 3.63) is 0 Å². The number of nitrogens with one attached hydrogen (secondary N) is 1. The SMILES string of the molecule is CSCCC(NC(N)=O)C(=O)N(C)CCCC(=O)O. The number of nitrogens with zero attached hydrogens (tertiary/aromatic N) is 1. The summed E-state index contributed by atoms with van der Waals surface area (Å²) in [6.07, 6.45) is 2.79. The maximum absolute atomic E-state index is 12.1. The maximum Gasteiger partial charge on any atom is 0.312 e. The molecule has 0 spiro atoms. The molecular weight excluding hydrogens is 270 g/mol. The molecule has 0 rings (SSSR count). The highest BCUT2D eigenvalue weighted by atomic mass is 32.2. The van der Waals surface area contributed by atoms with Crippen LogP contribution in [-0.4, -0.2) is 59.6 Å². The predicted molar refractivity (Wildman–Crippen MR) is 74.0 cm³/mol. The zero-order valence-corrected chi connectivity index (χ0v) is 12.0. The molecule has 0 saturated carbocycles. The van der Waals surface area contributed by atoms with Crippen molar-refractivity contribution < 1.29 is 19.5 Å². The topological polar surface area (TPSA) is 113 Å². The minimum absolute atomic E-state index is 0.0103. The molecule has 0 aromatic heterocycles. The van der Waals surface area contributed by atoms with Gasteiger partial charge >= 0.3 is 12.0 Å². The monoisotopic (exact) mass is 291 g/mol. The first-order valence-corrected chi connectivity index (χ1v) is 7.29. The molecule has 1 atom stereocenters. The molecule has 19 heavy (non-hydrogen) atoms. The maximum atomic E-state index is 12.1. The summed E-state index contributed by atoms with van der Waals surface area (Å²) in [5.74, 6) is -0.423. The number of urea groups is 1. The van der Waals surface area contributed by atoms with Crippen LogP contribution in [0.4, 0.5) is 4.79 Å². The van der Waals surface area contributed by atoms with Crippen LogP contribution in [0.1, 0.15) is 19.3 Å². The van der Waals surface area contributed by atoms with E-state index in [0.717, 1.165) is 5.75 Å². The van der Waals surface area contributed by atoms with Crippen LogP contribution in [0.5, 0.6) is 0 Å². The van der Waals surface area contributed by atoms with Crippen molar-refractivity contribution in [3.8, 4) is 0 Å². The molecule has 8 heteroatoms. The summed E-state index contributed by atoms with van der Waals surface area (Å²) in [5.41, 5.74) is 5.04. The molecule has 0 aromatic rings. The molecule has 0 bridgehead atoms. The van der Waals surface area contributed by atoms with Crippen molar-refractivity contribution in [2.75, 3.05) is 25.6 Å².